The second-order valence-electron chi connectivity index (χ2n) is 7.64. The molecule has 160 valence electrons. The molecule has 0 unspecified atom stereocenters. The second-order valence-corrected chi connectivity index (χ2v) is 7.64. The number of aliphatic hydroxyl groups is 1. The van der Waals surface area contributed by atoms with E-state index in [4.69, 9.17) is 0 Å². The van der Waals surface area contributed by atoms with Crippen molar-refractivity contribution in [1.29, 1.82) is 0 Å². The van der Waals surface area contributed by atoms with Crippen molar-refractivity contribution in [1.82, 2.24) is 14.6 Å². The van der Waals surface area contributed by atoms with Gasteiger partial charge in [0.25, 0.3) is 0 Å². The van der Waals surface area contributed by atoms with Gasteiger partial charge in [0.2, 0.25) is 5.95 Å². The zero-order valence-electron chi connectivity index (χ0n) is 15.5. The molecule has 2 aromatic heterocycles. The van der Waals surface area contributed by atoms with Crippen LogP contribution in [0.25, 0.3) is 16.8 Å². The summed E-state index contributed by atoms with van der Waals surface area (Å²) in [6.45, 7) is 1.69. The summed E-state index contributed by atoms with van der Waals surface area (Å²) in [6.07, 6.45) is -7.43. The molecule has 4 rings (SSSR count). The van der Waals surface area contributed by atoms with Crippen molar-refractivity contribution in [2.45, 2.75) is 43.8 Å². The third kappa shape index (κ3) is 3.69. The van der Waals surface area contributed by atoms with Crippen molar-refractivity contribution in [3.63, 3.8) is 0 Å². The predicted octanol–water partition coefficient (Wildman–Crippen LogP) is 4.76. The number of benzene rings is 1. The first kappa shape index (κ1) is 20.5. The smallest absolute Gasteiger partial charge is 0.390 e. The Labute approximate surface area is 166 Å². The van der Waals surface area contributed by atoms with E-state index >= 15 is 0 Å². The van der Waals surface area contributed by atoms with Gasteiger partial charge in [-0.3, -0.25) is 4.40 Å². The molecule has 3 aromatic rings. The lowest BCUT2D eigenvalue weighted by molar-refractivity contribution is -0.142. The summed E-state index contributed by atoms with van der Waals surface area (Å²) in [5.41, 5.74) is -4.05. The van der Waals surface area contributed by atoms with Crippen molar-refractivity contribution in [2.75, 3.05) is 5.32 Å². The largest absolute Gasteiger partial charge is 0.417 e. The van der Waals surface area contributed by atoms with Crippen LogP contribution in [-0.4, -0.2) is 31.3 Å². The minimum atomic E-state index is -5.02. The number of nitrogens with zero attached hydrogens (tertiary/aromatic N) is 3. The van der Waals surface area contributed by atoms with Gasteiger partial charge in [0.05, 0.1) is 22.2 Å². The van der Waals surface area contributed by atoms with Crippen molar-refractivity contribution in [2.24, 2.45) is 0 Å². The van der Waals surface area contributed by atoms with Gasteiger partial charge in [-0.15, -0.1) is 10.2 Å². The summed E-state index contributed by atoms with van der Waals surface area (Å²) < 4.78 is 80.9. The van der Waals surface area contributed by atoms with Gasteiger partial charge in [0, 0.05) is 17.8 Å². The molecule has 2 heterocycles. The number of nitrogens with one attached hydrogen (secondary N) is 1. The van der Waals surface area contributed by atoms with Crippen LogP contribution in [0.5, 0.6) is 0 Å². The molecule has 1 aliphatic carbocycles. The molecule has 2 N–H and O–H groups in total. The Balaban J connectivity index is 1.79. The Hall–Kier alpha value is -2.82. The van der Waals surface area contributed by atoms with Crippen molar-refractivity contribution in [3.8, 4) is 11.3 Å². The lowest BCUT2D eigenvalue weighted by atomic mass is 9.77. The molecule has 0 atom stereocenters. The number of anilines is 1. The fourth-order valence-corrected chi connectivity index (χ4v) is 3.69. The highest BCUT2D eigenvalue weighted by molar-refractivity contribution is 5.80. The summed E-state index contributed by atoms with van der Waals surface area (Å²) in [7, 11) is 0. The van der Waals surface area contributed by atoms with E-state index in [9.17, 15) is 31.4 Å². The first-order chi connectivity index (χ1) is 13.9. The third-order valence-electron chi connectivity index (χ3n) is 5.08. The van der Waals surface area contributed by atoms with E-state index in [1.807, 2.05) is 0 Å². The molecule has 0 amide bonds. The Bertz CT molecular complexity index is 1090. The summed E-state index contributed by atoms with van der Waals surface area (Å²) in [5, 5.41) is 20.8. The number of halogens is 6. The minimum absolute atomic E-state index is 0.0810. The molecule has 0 saturated heterocycles. The topological polar surface area (TPSA) is 62.5 Å². The van der Waals surface area contributed by atoms with Crippen LogP contribution in [0.2, 0.25) is 0 Å². The molecule has 1 aliphatic rings. The van der Waals surface area contributed by atoms with Crippen LogP contribution in [0.3, 0.4) is 0 Å². The molecule has 11 heteroatoms. The Morgan fingerprint density at radius 3 is 2.37 bits per heavy atom. The first-order valence-electron chi connectivity index (χ1n) is 8.97. The van der Waals surface area contributed by atoms with Crippen molar-refractivity contribution in [3.05, 3.63) is 47.7 Å². The molecular formula is C19H16F6N4O. The van der Waals surface area contributed by atoms with Crippen LogP contribution >= 0.6 is 0 Å². The summed E-state index contributed by atoms with van der Waals surface area (Å²) in [5.74, 6) is 0.264. The Kier molecular flexibility index (Phi) is 4.49. The quantitative estimate of drug-likeness (QED) is 0.589. The fraction of sp³-hybridized carbons (Fsp3) is 0.368. The Morgan fingerprint density at radius 2 is 1.77 bits per heavy atom. The fourth-order valence-electron chi connectivity index (χ4n) is 3.69. The normalized spacial score (nSPS) is 22.2. The zero-order chi connectivity index (χ0) is 21.9. The molecule has 0 radical (unpaired) electrons. The summed E-state index contributed by atoms with van der Waals surface area (Å²) in [4.78, 5) is 0. The van der Waals surface area contributed by atoms with Crippen LogP contribution in [0.1, 0.15) is 30.9 Å². The van der Waals surface area contributed by atoms with E-state index in [0.29, 0.717) is 18.9 Å². The molecular weight excluding hydrogens is 414 g/mol. The van der Waals surface area contributed by atoms with Crippen LogP contribution in [0.15, 0.2) is 36.5 Å². The van der Waals surface area contributed by atoms with Gasteiger partial charge in [-0.1, -0.05) is 6.07 Å². The van der Waals surface area contributed by atoms with Gasteiger partial charge in [0.15, 0.2) is 0 Å². The van der Waals surface area contributed by atoms with Crippen LogP contribution in [0, 0.1) is 0 Å². The van der Waals surface area contributed by atoms with Gasteiger partial charge in [0.1, 0.15) is 5.69 Å². The van der Waals surface area contributed by atoms with Crippen molar-refractivity contribution >= 4 is 11.5 Å². The average Bonchev–Trinajstić information content (AvgIpc) is 3.08. The van der Waals surface area contributed by atoms with E-state index in [1.54, 1.807) is 19.2 Å². The first-order valence-corrected chi connectivity index (χ1v) is 8.97. The molecule has 0 spiro atoms. The highest BCUT2D eigenvalue weighted by Gasteiger charge is 2.40. The lowest BCUT2D eigenvalue weighted by Gasteiger charge is -2.41. The molecule has 0 bridgehead atoms. The van der Waals surface area contributed by atoms with E-state index in [1.165, 1.54) is 10.5 Å². The molecule has 30 heavy (non-hydrogen) atoms. The Morgan fingerprint density at radius 1 is 1.07 bits per heavy atom. The van der Waals surface area contributed by atoms with Crippen LogP contribution < -0.4 is 5.32 Å². The molecule has 1 fully saturated rings. The highest BCUT2D eigenvalue weighted by atomic mass is 19.4. The van der Waals surface area contributed by atoms with Gasteiger partial charge in [-0.25, -0.2) is 0 Å². The van der Waals surface area contributed by atoms with Crippen LogP contribution in [0.4, 0.5) is 32.3 Å². The maximum Gasteiger partial charge on any atom is 0.417 e. The predicted molar refractivity (Wildman–Crippen MR) is 95.7 cm³/mol. The number of fused-ring (bicyclic) bond motifs is 1. The second kappa shape index (κ2) is 6.59. The number of aromatic nitrogens is 3. The number of rotatable bonds is 3. The average molecular weight is 430 g/mol. The number of hydrogen-bond acceptors (Lipinski definition) is 4. The van der Waals surface area contributed by atoms with E-state index in [-0.39, 0.29) is 29.3 Å². The monoisotopic (exact) mass is 430 g/mol. The van der Waals surface area contributed by atoms with E-state index < -0.39 is 34.6 Å². The minimum Gasteiger partial charge on any atom is -0.390 e. The van der Waals surface area contributed by atoms with E-state index in [0.717, 1.165) is 6.07 Å². The van der Waals surface area contributed by atoms with Crippen LogP contribution in [-0.2, 0) is 12.4 Å². The molecule has 0 aliphatic heterocycles. The maximum absolute atomic E-state index is 13.5. The van der Waals surface area contributed by atoms with Gasteiger partial charge in [-0.2, -0.15) is 26.3 Å². The molecule has 1 saturated carbocycles. The van der Waals surface area contributed by atoms with Crippen molar-refractivity contribution < 1.29 is 31.4 Å². The van der Waals surface area contributed by atoms with Gasteiger partial charge < -0.3 is 10.4 Å². The van der Waals surface area contributed by atoms with Gasteiger partial charge in [-0.05, 0) is 44.0 Å². The van der Waals surface area contributed by atoms with E-state index in [2.05, 4.69) is 15.5 Å². The molecule has 5 nitrogen and oxygen atoms in total. The number of alkyl halides is 6. The highest BCUT2D eigenvalue weighted by Crippen LogP contribution is 2.41. The molecule has 1 aromatic carbocycles. The standard InChI is InChI=1S/C19H16F6N4O/c1-17(30)8-11(9-17)26-16-28-27-15(14-3-2-6-29(14)16)12-5-4-10(18(20,21)22)7-13(12)19(23,24)25/h2-7,11,30H,8-9H2,1H3,(H,26,28). The summed E-state index contributed by atoms with van der Waals surface area (Å²) in [6, 6.07) is 4.43. The van der Waals surface area contributed by atoms with Gasteiger partial charge >= 0.3 is 12.4 Å². The number of hydrogen-bond donors (Lipinski definition) is 2. The lowest BCUT2D eigenvalue weighted by Crippen LogP contribution is -2.48. The SMILES string of the molecule is CC1(O)CC(Nc2nnc(-c3ccc(C(F)(F)F)cc3C(F)(F)F)c3cccn23)C1. The maximum atomic E-state index is 13.5. The zero-order valence-corrected chi connectivity index (χ0v) is 15.5. The summed E-state index contributed by atoms with van der Waals surface area (Å²) >= 11 is 0. The third-order valence-corrected chi connectivity index (χ3v) is 5.08.